The first-order chi connectivity index (χ1) is 12.8. The molecule has 1 aromatic heterocycles. The fourth-order valence-electron chi connectivity index (χ4n) is 1.81. The summed E-state index contributed by atoms with van der Waals surface area (Å²) in [6.45, 7) is 0.911. The zero-order valence-corrected chi connectivity index (χ0v) is 14.3. The molecular weight excluding hydrogens is 360 g/mol. The van der Waals surface area contributed by atoms with E-state index in [4.69, 9.17) is 24.8 Å². The molecule has 0 unspecified atom stereocenters. The van der Waals surface area contributed by atoms with Gasteiger partial charge in [0.25, 0.3) is 0 Å². The number of rotatable bonds is 8. The number of aliphatic carboxylic acids is 2. The molecule has 0 saturated heterocycles. The van der Waals surface area contributed by atoms with Crippen molar-refractivity contribution in [1.82, 2.24) is 9.55 Å². The number of imidazole rings is 1. The van der Waals surface area contributed by atoms with Gasteiger partial charge in [-0.15, -0.1) is 0 Å². The van der Waals surface area contributed by atoms with Crippen molar-refractivity contribution >= 4 is 17.9 Å². The van der Waals surface area contributed by atoms with Crippen molar-refractivity contribution in [2.75, 3.05) is 13.7 Å². The molecule has 0 aliphatic carbocycles. The Bertz CT molecular complexity index is 783. The Balaban J connectivity index is 0.000000387. The lowest BCUT2D eigenvalue weighted by atomic mass is 10.2. The molecule has 0 spiro atoms. The van der Waals surface area contributed by atoms with Crippen LogP contribution in [0.15, 0.2) is 49.1 Å². The van der Waals surface area contributed by atoms with E-state index >= 15 is 0 Å². The lowest BCUT2D eigenvalue weighted by Gasteiger charge is -2.13. The Morgan fingerprint density at radius 3 is 2.30 bits per heavy atom. The van der Waals surface area contributed by atoms with Crippen molar-refractivity contribution in [2.24, 2.45) is 0 Å². The average Bonchev–Trinajstić information content (AvgIpc) is 3.14. The molecule has 27 heavy (non-hydrogen) atoms. The first kappa shape index (κ1) is 21.2. The summed E-state index contributed by atoms with van der Waals surface area (Å²) in [6.07, 6.45) is 6.27. The van der Waals surface area contributed by atoms with E-state index in [0.29, 0.717) is 31.1 Å². The maximum Gasteiger partial charge on any atom is 0.339 e. The smallest absolute Gasteiger partial charge is 0.339 e. The number of carbonyl (C=O) groups is 3. The Morgan fingerprint density at radius 2 is 1.81 bits per heavy atom. The number of methoxy groups -OCH3 is 1. The molecule has 10 heteroatoms. The third-order valence-corrected chi connectivity index (χ3v) is 2.95. The Labute approximate surface area is 153 Å². The maximum absolute atomic E-state index is 11.1. The second-order valence-corrected chi connectivity index (χ2v) is 4.80. The number of carboxylic acids is 3. The van der Waals surface area contributed by atoms with Gasteiger partial charge in [-0.05, 0) is 12.1 Å². The number of hydrogen-bond acceptors (Lipinski definition) is 6. The fraction of sp³-hybridized carbons (Fsp3) is 0.176. The molecule has 144 valence electrons. The van der Waals surface area contributed by atoms with Crippen LogP contribution in [0.1, 0.15) is 10.4 Å². The standard InChI is InChI=1S/C13H14N2O4.C4H4O4/c1-18-11-4-2-3-10(13(16)17)12(11)19-8-7-15-6-5-14-9-15;5-3(6)1-2-4(7)8/h2-6,9H,7-8H2,1H3,(H,16,17);1-2H,(H,5,6)(H,7,8)/b;2-1+. The molecular formula is C17H18N2O8. The van der Waals surface area contributed by atoms with Gasteiger partial charge < -0.3 is 29.4 Å². The molecule has 0 amide bonds. The third-order valence-electron chi connectivity index (χ3n) is 2.95. The molecule has 2 aromatic rings. The molecule has 0 aliphatic rings. The van der Waals surface area contributed by atoms with Crippen LogP contribution in [0.25, 0.3) is 0 Å². The summed E-state index contributed by atoms with van der Waals surface area (Å²) in [4.78, 5) is 34.2. The highest BCUT2D eigenvalue weighted by atomic mass is 16.5. The van der Waals surface area contributed by atoms with E-state index in [0.717, 1.165) is 0 Å². The highest BCUT2D eigenvalue weighted by Gasteiger charge is 2.15. The highest BCUT2D eigenvalue weighted by molar-refractivity contribution is 5.92. The van der Waals surface area contributed by atoms with Crippen LogP contribution in [0.4, 0.5) is 0 Å². The Hall–Kier alpha value is -3.82. The Morgan fingerprint density at radius 1 is 1.15 bits per heavy atom. The monoisotopic (exact) mass is 378 g/mol. The van der Waals surface area contributed by atoms with Crippen molar-refractivity contribution < 1.29 is 39.2 Å². The topological polar surface area (TPSA) is 148 Å². The first-order valence-electron chi connectivity index (χ1n) is 7.48. The highest BCUT2D eigenvalue weighted by Crippen LogP contribution is 2.31. The summed E-state index contributed by atoms with van der Waals surface area (Å²) < 4.78 is 12.5. The minimum atomic E-state index is -1.26. The molecule has 0 radical (unpaired) electrons. The van der Waals surface area contributed by atoms with E-state index in [-0.39, 0.29) is 11.3 Å². The van der Waals surface area contributed by atoms with E-state index in [9.17, 15) is 14.4 Å². The van der Waals surface area contributed by atoms with Crippen LogP contribution in [-0.4, -0.2) is 56.5 Å². The van der Waals surface area contributed by atoms with Crippen molar-refractivity contribution in [3.05, 3.63) is 54.6 Å². The zero-order valence-electron chi connectivity index (χ0n) is 14.3. The maximum atomic E-state index is 11.1. The molecule has 2 rings (SSSR count). The molecule has 0 saturated carbocycles. The predicted molar refractivity (Wildman–Crippen MR) is 92.1 cm³/mol. The van der Waals surface area contributed by atoms with Crippen LogP contribution in [0, 0.1) is 0 Å². The SMILES string of the molecule is COc1cccc(C(=O)O)c1OCCn1ccnc1.O=C(O)/C=C/C(=O)O. The largest absolute Gasteiger partial charge is 0.493 e. The van der Waals surface area contributed by atoms with E-state index in [1.165, 1.54) is 13.2 Å². The molecule has 1 aromatic carbocycles. The van der Waals surface area contributed by atoms with Crippen LogP contribution in [0.2, 0.25) is 0 Å². The summed E-state index contributed by atoms with van der Waals surface area (Å²) in [5.74, 6) is -2.90. The van der Waals surface area contributed by atoms with Crippen LogP contribution in [0.5, 0.6) is 11.5 Å². The van der Waals surface area contributed by atoms with E-state index < -0.39 is 17.9 Å². The van der Waals surface area contributed by atoms with Crippen molar-refractivity contribution in [3.8, 4) is 11.5 Å². The summed E-state index contributed by atoms with van der Waals surface area (Å²) in [6, 6.07) is 4.77. The minimum absolute atomic E-state index is 0.0879. The van der Waals surface area contributed by atoms with Crippen molar-refractivity contribution in [1.29, 1.82) is 0 Å². The number of hydrogen-bond donors (Lipinski definition) is 3. The summed E-state index contributed by atoms with van der Waals surface area (Å²) in [5, 5.41) is 24.7. The summed E-state index contributed by atoms with van der Waals surface area (Å²) in [5.41, 5.74) is 0.0879. The van der Waals surface area contributed by atoms with Gasteiger partial charge >= 0.3 is 17.9 Å². The van der Waals surface area contributed by atoms with Crippen molar-refractivity contribution in [3.63, 3.8) is 0 Å². The van der Waals surface area contributed by atoms with E-state index in [2.05, 4.69) is 4.98 Å². The molecule has 0 bridgehead atoms. The predicted octanol–water partition coefficient (Wildman–Crippen LogP) is 1.38. The molecule has 0 fully saturated rings. The summed E-state index contributed by atoms with van der Waals surface area (Å²) >= 11 is 0. The lowest BCUT2D eigenvalue weighted by Crippen LogP contribution is -2.10. The van der Waals surface area contributed by atoms with Crippen LogP contribution in [0.3, 0.4) is 0 Å². The average molecular weight is 378 g/mol. The van der Waals surface area contributed by atoms with Gasteiger partial charge in [0.05, 0.1) is 20.0 Å². The summed E-state index contributed by atoms with van der Waals surface area (Å²) in [7, 11) is 1.48. The molecule has 0 atom stereocenters. The van der Waals surface area contributed by atoms with Gasteiger partial charge in [-0.3, -0.25) is 0 Å². The number of aromatic carboxylic acids is 1. The van der Waals surface area contributed by atoms with Gasteiger partial charge in [0.1, 0.15) is 12.2 Å². The molecule has 3 N–H and O–H groups in total. The quantitative estimate of drug-likeness (QED) is 0.579. The number of carboxylic acid groups (broad SMARTS) is 3. The van der Waals surface area contributed by atoms with E-state index in [1.807, 2.05) is 10.8 Å². The number of nitrogens with zero attached hydrogens (tertiary/aromatic N) is 2. The first-order valence-corrected chi connectivity index (χ1v) is 7.48. The number of benzene rings is 1. The van der Waals surface area contributed by atoms with Gasteiger partial charge in [-0.25, -0.2) is 19.4 Å². The normalized spacial score (nSPS) is 9.96. The number of aromatic nitrogens is 2. The van der Waals surface area contributed by atoms with Crippen molar-refractivity contribution in [2.45, 2.75) is 6.54 Å². The van der Waals surface area contributed by atoms with E-state index in [1.54, 1.807) is 24.7 Å². The van der Waals surface area contributed by atoms with Crippen LogP contribution < -0.4 is 9.47 Å². The minimum Gasteiger partial charge on any atom is -0.493 e. The van der Waals surface area contributed by atoms with Gasteiger partial charge in [-0.1, -0.05) is 6.07 Å². The molecule has 10 nitrogen and oxygen atoms in total. The number of para-hydroxylation sites is 1. The second-order valence-electron chi connectivity index (χ2n) is 4.80. The fourth-order valence-corrected chi connectivity index (χ4v) is 1.81. The number of ether oxygens (including phenoxy) is 2. The zero-order chi connectivity index (χ0) is 20.2. The van der Waals surface area contributed by atoms with Crippen LogP contribution >= 0.6 is 0 Å². The molecule has 0 aliphatic heterocycles. The van der Waals surface area contributed by atoms with Gasteiger partial charge in [0.2, 0.25) is 0 Å². The van der Waals surface area contributed by atoms with Gasteiger partial charge in [-0.2, -0.15) is 0 Å². The third kappa shape index (κ3) is 7.73. The molecule has 1 heterocycles. The Kier molecular flexibility index (Phi) is 8.59. The van der Waals surface area contributed by atoms with Crippen LogP contribution in [-0.2, 0) is 16.1 Å². The lowest BCUT2D eigenvalue weighted by molar-refractivity contribution is -0.134. The second kappa shape index (κ2) is 10.9. The van der Waals surface area contributed by atoms with Gasteiger partial charge in [0, 0.05) is 24.5 Å². The van der Waals surface area contributed by atoms with Gasteiger partial charge in [0.15, 0.2) is 11.5 Å².